The molecule has 1 atom stereocenters. The van der Waals surface area contributed by atoms with Crippen LogP contribution in [0.2, 0.25) is 0 Å². The van der Waals surface area contributed by atoms with Crippen molar-refractivity contribution in [2.24, 2.45) is 0 Å². The van der Waals surface area contributed by atoms with E-state index in [4.69, 9.17) is 9.47 Å². The molecule has 0 saturated heterocycles. The summed E-state index contributed by atoms with van der Waals surface area (Å²) >= 11 is 0. The van der Waals surface area contributed by atoms with Crippen LogP contribution in [0.25, 0.3) is 0 Å². The average molecular weight is 287 g/mol. The van der Waals surface area contributed by atoms with E-state index >= 15 is 0 Å². The Hall–Kier alpha value is -1.98. The molecule has 1 heterocycles. The van der Waals surface area contributed by atoms with Crippen molar-refractivity contribution in [3.63, 3.8) is 0 Å². The standard InChI is InChI=1S/C16H21N3O2/c1-13(16-11-17-6-7-18-16)19-15-5-3-4-14(10-15)12-21-9-8-20-2/h3-7,10-11,13,19H,8-9,12H2,1-2H3. The predicted molar refractivity (Wildman–Crippen MR) is 82.0 cm³/mol. The average Bonchev–Trinajstić information content (AvgIpc) is 2.53. The molecule has 5 heteroatoms. The highest BCUT2D eigenvalue weighted by Crippen LogP contribution is 2.18. The van der Waals surface area contributed by atoms with Gasteiger partial charge in [-0.3, -0.25) is 9.97 Å². The SMILES string of the molecule is COCCOCc1cccc(NC(C)c2cnccn2)c1. The highest BCUT2D eigenvalue weighted by molar-refractivity contribution is 5.47. The van der Waals surface area contributed by atoms with Crippen molar-refractivity contribution in [1.29, 1.82) is 0 Å². The van der Waals surface area contributed by atoms with E-state index in [2.05, 4.69) is 28.3 Å². The number of hydrogen-bond acceptors (Lipinski definition) is 5. The third-order valence-corrected chi connectivity index (χ3v) is 3.04. The minimum Gasteiger partial charge on any atom is -0.382 e. The lowest BCUT2D eigenvalue weighted by molar-refractivity contribution is 0.0617. The highest BCUT2D eigenvalue weighted by atomic mass is 16.5. The number of methoxy groups -OCH3 is 1. The van der Waals surface area contributed by atoms with Crippen LogP contribution in [0.1, 0.15) is 24.2 Å². The molecule has 1 N–H and O–H groups in total. The van der Waals surface area contributed by atoms with Crippen molar-refractivity contribution in [1.82, 2.24) is 9.97 Å². The molecule has 0 aliphatic rings. The fraction of sp³-hybridized carbons (Fsp3) is 0.375. The first-order valence-electron chi connectivity index (χ1n) is 6.97. The van der Waals surface area contributed by atoms with Gasteiger partial charge in [-0.25, -0.2) is 0 Å². The molecule has 0 spiro atoms. The minimum atomic E-state index is 0.100. The summed E-state index contributed by atoms with van der Waals surface area (Å²) in [5.41, 5.74) is 3.09. The van der Waals surface area contributed by atoms with Crippen molar-refractivity contribution in [2.75, 3.05) is 25.6 Å². The van der Waals surface area contributed by atoms with Gasteiger partial charge in [-0.1, -0.05) is 12.1 Å². The predicted octanol–water partition coefficient (Wildman–Crippen LogP) is 2.81. The van der Waals surface area contributed by atoms with Crippen molar-refractivity contribution in [3.05, 3.63) is 54.1 Å². The van der Waals surface area contributed by atoms with Crippen LogP contribution in [-0.2, 0) is 16.1 Å². The molecule has 0 aliphatic heterocycles. The number of rotatable bonds is 8. The molecule has 0 saturated carbocycles. The third kappa shape index (κ3) is 5.13. The van der Waals surface area contributed by atoms with E-state index in [1.807, 2.05) is 18.2 Å². The minimum absolute atomic E-state index is 0.100. The van der Waals surface area contributed by atoms with Gasteiger partial charge < -0.3 is 14.8 Å². The van der Waals surface area contributed by atoms with E-state index in [1.165, 1.54) is 0 Å². The number of ether oxygens (including phenoxy) is 2. The maximum atomic E-state index is 5.53. The topological polar surface area (TPSA) is 56.3 Å². The molecule has 1 aromatic heterocycles. The molecule has 112 valence electrons. The molecule has 21 heavy (non-hydrogen) atoms. The second-order valence-corrected chi connectivity index (χ2v) is 4.74. The Kier molecular flexibility index (Phi) is 6.12. The summed E-state index contributed by atoms with van der Waals surface area (Å²) in [5.74, 6) is 0. The van der Waals surface area contributed by atoms with Crippen LogP contribution in [0.3, 0.4) is 0 Å². The molecule has 5 nitrogen and oxygen atoms in total. The van der Waals surface area contributed by atoms with Crippen LogP contribution in [0.15, 0.2) is 42.9 Å². The zero-order valence-corrected chi connectivity index (χ0v) is 12.5. The summed E-state index contributed by atoms with van der Waals surface area (Å²) in [4.78, 5) is 8.39. The first kappa shape index (κ1) is 15.4. The number of anilines is 1. The van der Waals surface area contributed by atoms with Crippen LogP contribution in [0, 0.1) is 0 Å². The third-order valence-electron chi connectivity index (χ3n) is 3.04. The van der Waals surface area contributed by atoms with Crippen molar-refractivity contribution >= 4 is 5.69 Å². The number of aromatic nitrogens is 2. The van der Waals surface area contributed by atoms with Crippen LogP contribution >= 0.6 is 0 Å². The van der Waals surface area contributed by atoms with Gasteiger partial charge in [-0.05, 0) is 24.6 Å². The van der Waals surface area contributed by atoms with Crippen molar-refractivity contribution < 1.29 is 9.47 Å². The molecule has 1 aromatic carbocycles. The van der Waals surface area contributed by atoms with Gasteiger partial charge in [-0.2, -0.15) is 0 Å². The Labute approximate surface area is 125 Å². The van der Waals surface area contributed by atoms with Gasteiger partial charge in [0, 0.05) is 25.2 Å². The van der Waals surface area contributed by atoms with Gasteiger partial charge >= 0.3 is 0 Å². The Bertz CT molecular complexity index is 534. The maximum Gasteiger partial charge on any atom is 0.0806 e. The molecule has 0 amide bonds. The Morgan fingerprint density at radius 1 is 1.24 bits per heavy atom. The summed E-state index contributed by atoms with van der Waals surface area (Å²) in [6.07, 6.45) is 5.15. The summed E-state index contributed by atoms with van der Waals surface area (Å²) in [5, 5.41) is 3.42. The van der Waals surface area contributed by atoms with E-state index in [-0.39, 0.29) is 6.04 Å². The fourth-order valence-corrected chi connectivity index (χ4v) is 1.94. The number of benzene rings is 1. The largest absolute Gasteiger partial charge is 0.382 e. The summed E-state index contributed by atoms with van der Waals surface area (Å²) in [6.45, 7) is 3.86. The van der Waals surface area contributed by atoms with E-state index < -0.39 is 0 Å². The normalized spacial score (nSPS) is 12.1. The lowest BCUT2D eigenvalue weighted by atomic mass is 10.2. The molecular weight excluding hydrogens is 266 g/mol. The second-order valence-electron chi connectivity index (χ2n) is 4.74. The molecule has 0 fully saturated rings. The summed E-state index contributed by atoms with van der Waals surface area (Å²) in [7, 11) is 1.67. The van der Waals surface area contributed by atoms with Crippen LogP contribution in [0.5, 0.6) is 0 Å². The van der Waals surface area contributed by atoms with Crippen LogP contribution in [0.4, 0.5) is 5.69 Å². The van der Waals surface area contributed by atoms with Gasteiger partial charge in [0.2, 0.25) is 0 Å². The highest BCUT2D eigenvalue weighted by Gasteiger charge is 2.06. The van der Waals surface area contributed by atoms with Gasteiger partial charge in [0.15, 0.2) is 0 Å². The van der Waals surface area contributed by atoms with Gasteiger partial charge in [0.05, 0.1) is 37.8 Å². The monoisotopic (exact) mass is 287 g/mol. The zero-order valence-electron chi connectivity index (χ0n) is 12.5. The molecular formula is C16H21N3O2. The Morgan fingerprint density at radius 3 is 2.90 bits per heavy atom. The first-order valence-corrected chi connectivity index (χ1v) is 6.97. The molecule has 2 aromatic rings. The molecule has 0 radical (unpaired) electrons. The van der Waals surface area contributed by atoms with E-state index in [0.29, 0.717) is 19.8 Å². The van der Waals surface area contributed by atoms with E-state index in [1.54, 1.807) is 25.7 Å². The van der Waals surface area contributed by atoms with Gasteiger partial charge in [0.1, 0.15) is 0 Å². The van der Waals surface area contributed by atoms with Crippen LogP contribution in [-0.4, -0.2) is 30.3 Å². The molecule has 0 aliphatic carbocycles. The summed E-state index contributed by atoms with van der Waals surface area (Å²) < 4.78 is 10.5. The van der Waals surface area contributed by atoms with E-state index in [0.717, 1.165) is 16.9 Å². The first-order chi connectivity index (χ1) is 10.3. The molecule has 0 bridgehead atoms. The van der Waals surface area contributed by atoms with Crippen molar-refractivity contribution in [3.8, 4) is 0 Å². The lowest BCUT2D eigenvalue weighted by Gasteiger charge is -2.15. The zero-order chi connectivity index (χ0) is 14.9. The fourth-order valence-electron chi connectivity index (χ4n) is 1.94. The smallest absolute Gasteiger partial charge is 0.0806 e. The number of nitrogens with one attached hydrogen (secondary N) is 1. The van der Waals surface area contributed by atoms with Gasteiger partial charge in [-0.15, -0.1) is 0 Å². The lowest BCUT2D eigenvalue weighted by Crippen LogP contribution is -2.09. The molecule has 2 rings (SSSR count). The Balaban J connectivity index is 1.91. The second kappa shape index (κ2) is 8.34. The van der Waals surface area contributed by atoms with Gasteiger partial charge in [0.25, 0.3) is 0 Å². The molecule has 1 unspecified atom stereocenters. The maximum absolute atomic E-state index is 5.53. The van der Waals surface area contributed by atoms with Crippen LogP contribution < -0.4 is 5.32 Å². The number of hydrogen-bond donors (Lipinski definition) is 1. The van der Waals surface area contributed by atoms with Crippen molar-refractivity contribution in [2.45, 2.75) is 19.6 Å². The van der Waals surface area contributed by atoms with E-state index in [9.17, 15) is 0 Å². The summed E-state index contributed by atoms with van der Waals surface area (Å²) in [6, 6.07) is 8.28. The Morgan fingerprint density at radius 2 is 2.14 bits per heavy atom. The number of nitrogens with zero attached hydrogens (tertiary/aromatic N) is 2. The quantitative estimate of drug-likeness (QED) is 0.757.